The van der Waals surface area contributed by atoms with Crippen LogP contribution in [-0.4, -0.2) is 28.7 Å². The Hall–Kier alpha value is -2.15. The molecule has 1 aromatic rings. The van der Waals surface area contributed by atoms with Gasteiger partial charge < -0.3 is 15.7 Å². The van der Waals surface area contributed by atoms with Crippen LogP contribution >= 0.6 is 0 Å². The number of nitro benzene ring substituents is 1. The Balaban J connectivity index is 2.63. The summed E-state index contributed by atoms with van der Waals surface area (Å²) in [4.78, 5) is 22.2. The van der Waals surface area contributed by atoms with Crippen LogP contribution in [0.5, 0.6) is 0 Å². The minimum absolute atomic E-state index is 0.0464. The molecule has 1 aromatic carbocycles. The highest BCUT2D eigenvalue weighted by Crippen LogP contribution is 2.24. The molecule has 0 aliphatic carbocycles. The fraction of sp³-hybridized carbons (Fsp3) is 0.533. The Morgan fingerprint density at radius 1 is 1.36 bits per heavy atom. The van der Waals surface area contributed by atoms with Crippen LogP contribution in [0.1, 0.15) is 32.3 Å². The molecule has 7 nitrogen and oxygen atoms in total. The number of nitrogens with one attached hydrogen (secondary N) is 2. The summed E-state index contributed by atoms with van der Waals surface area (Å²) in [6.45, 7) is 5.70. The largest absolute Gasteiger partial charge is 0.391 e. The van der Waals surface area contributed by atoms with Gasteiger partial charge in [0.1, 0.15) is 0 Å². The molecular weight excluding hydrogens is 286 g/mol. The molecule has 0 aliphatic rings. The van der Waals surface area contributed by atoms with Crippen LogP contribution in [0.4, 0.5) is 16.2 Å². The number of amides is 2. The van der Waals surface area contributed by atoms with Crippen molar-refractivity contribution in [3.05, 3.63) is 33.9 Å². The Kier molecular flexibility index (Phi) is 6.78. The van der Waals surface area contributed by atoms with Crippen LogP contribution in [0.3, 0.4) is 0 Å². The second-order valence-electron chi connectivity index (χ2n) is 5.19. The Labute approximate surface area is 129 Å². The van der Waals surface area contributed by atoms with Gasteiger partial charge in [0.15, 0.2) is 0 Å². The lowest BCUT2D eigenvalue weighted by atomic mass is 9.97. The van der Waals surface area contributed by atoms with Gasteiger partial charge in [0.05, 0.1) is 22.3 Å². The molecule has 1 atom stereocenters. The quantitative estimate of drug-likeness (QED) is 0.532. The van der Waals surface area contributed by atoms with Gasteiger partial charge in [-0.05, 0) is 18.9 Å². The normalized spacial score (nSPS) is 12.0. The van der Waals surface area contributed by atoms with Crippen LogP contribution in [0, 0.1) is 23.0 Å². The molecule has 0 aliphatic heterocycles. The van der Waals surface area contributed by atoms with Crippen LogP contribution < -0.4 is 10.6 Å². The zero-order valence-corrected chi connectivity index (χ0v) is 13.1. The van der Waals surface area contributed by atoms with Crippen LogP contribution in [0.25, 0.3) is 0 Å². The lowest BCUT2D eigenvalue weighted by Gasteiger charge is -2.20. The van der Waals surface area contributed by atoms with E-state index >= 15 is 0 Å². The zero-order chi connectivity index (χ0) is 16.7. The maximum atomic E-state index is 11.8. The topological polar surface area (TPSA) is 104 Å². The molecule has 1 unspecified atom stereocenters. The molecule has 0 bridgehead atoms. The minimum Gasteiger partial charge on any atom is -0.391 e. The summed E-state index contributed by atoms with van der Waals surface area (Å²) >= 11 is 0. The molecule has 0 saturated heterocycles. The Bertz CT molecular complexity index is 530. The Morgan fingerprint density at radius 3 is 2.55 bits per heavy atom. The molecule has 1 rings (SSSR count). The van der Waals surface area contributed by atoms with E-state index < -0.39 is 17.1 Å². The van der Waals surface area contributed by atoms with Crippen LogP contribution in [0.2, 0.25) is 0 Å². The van der Waals surface area contributed by atoms with Crippen LogP contribution in [-0.2, 0) is 0 Å². The predicted molar refractivity (Wildman–Crippen MR) is 84.9 cm³/mol. The van der Waals surface area contributed by atoms with E-state index in [0.717, 1.165) is 12.8 Å². The molecule has 22 heavy (non-hydrogen) atoms. The molecule has 122 valence electrons. The molecule has 0 fully saturated rings. The first kappa shape index (κ1) is 17.9. The van der Waals surface area contributed by atoms with Gasteiger partial charge in [-0.25, -0.2) is 4.79 Å². The van der Waals surface area contributed by atoms with E-state index in [1.54, 1.807) is 13.0 Å². The van der Waals surface area contributed by atoms with Crippen molar-refractivity contribution in [2.24, 2.45) is 5.92 Å². The number of aliphatic hydroxyl groups is 1. The summed E-state index contributed by atoms with van der Waals surface area (Å²) in [5.41, 5.74) is 0.724. The SMILES string of the molecule is CCC(CC)C(O)CNC(=O)Nc1cccc([N+](=O)[O-])c1C. The number of hydrogen-bond acceptors (Lipinski definition) is 4. The van der Waals surface area contributed by atoms with Crippen molar-refractivity contribution < 1.29 is 14.8 Å². The molecule has 3 N–H and O–H groups in total. The number of benzene rings is 1. The summed E-state index contributed by atoms with van der Waals surface area (Å²) in [7, 11) is 0. The molecule has 2 amide bonds. The third kappa shape index (κ3) is 4.70. The highest BCUT2D eigenvalue weighted by Gasteiger charge is 2.17. The van der Waals surface area contributed by atoms with Crippen molar-refractivity contribution in [2.75, 3.05) is 11.9 Å². The first-order valence-electron chi connectivity index (χ1n) is 7.37. The van der Waals surface area contributed by atoms with Crippen molar-refractivity contribution in [2.45, 2.75) is 39.7 Å². The van der Waals surface area contributed by atoms with Gasteiger partial charge >= 0.3 is 6.03 Å². The number of nitrogens with zero attached hydrogens (tertiary/aromatic N) is 1. The molecule has 0 spiro atoms. The van der Waals surface area contributed by atoms with E-state index in [1.165, 1.54) is 12.1 Å². The fourth-order valence-electron chi connectivity index (χ4n) is 2.32. The summed E-state index contributed by atoms with van der Waals surface area (Å²) in [5.74, 6) is 0.139. The number of rotatable bonds is 7. The van der Waals surface area contributed by atoms with E-state index in [4.69, 9.17) is 0 Å². The van der Waals surface area contributed by atoms with Gasteiger partial charge in [-0.15, -0.1) is 0 Å². The molecule has 0 aromatic heterocycles. The van der Waals surface area contributed by atoms with Crippen molar-refractivity contribution in [1.82, 2.24) is 5.32 Å². The second-order valence-corrected chi connectivity index (χ2v) is 5.19. The van der Waals surface area contributed by atoms with E-state index in [2.05, 4.69) is 10.6 Å². The average Bonchev–Trinajstić information content (AvgIpc) is 2.48. The molecule has 7 heteroatoms. The number of aliphatic hydroxyl groups excluding tert-OH is 1. The average molecular weight is 309 g/mol. The number of carbonyl (C=O) groups is 1. The number of urea groups is 1. The summed E-state index contributed by atoms with van der Waals surface area (Å²) < 4.78 is 0. The molecule has 0 saturated carbocycles. The standard InChI is InChI=1S/C15H23N3O4/c1-4-11(5-2)14(19)9-16-15(20)17-12-7-6-8-13(10(12)3)18(21)22/h6-8,11,14,19H,4-5,9H2,1-3H3,(H2,16,17,20). The summed E-state index contributed by atoms with van der Waals surface area (Å²) in [5, 5.41) is 26.0. The lowest BCUT2D eigenvalue weighted by molar-refractivity contribution is -0.385. The zero-order valence-electron chi connectivity index (χ0n) is 13.1. The van der Waals surface area contributed by atoms with Crippen molar-refractivity contribution in [1.29, 1.82) is 0 Å². The third-order valence-corrected chi connectivity index (χ3v) is 3.81. The summed E-state index contributed by atoms with van der Waals surface area (Å²) in [6, 6.07) is 4.00. The van der Waals surface area contributed by atoms with E-state index in [9.17, 15) is 20.0 Å². The van der Waals surface area contributed by atoms with Crippen molar-refractivity contribution >= 4 is 17.4 Å². The smallest absolute Gasteiger partial charge is 0.319 e. The van der Waals surface area contributed by atoms with E-state index in [-0.39, 0.29) is 18.2 Å². The highest BCUT2D eigenvalue weighted by molar-refractivity contribution is 5.90. The van der Waals surface area contributed by atoms with Gasteiger partial charge in [0.25, 0.3) is 5.69 Å². The number of carbonyl (C=O) groups excluding carboxylic acids is 1. The van der Waals surface area contributed by atoms with Gasteiger partial charge in [-0.2, -0.15) is 0 Å². The minimum atomic E-state index is -0.605. The second kappa shape index (κ2) is 8.33. The Morgan fingerprint density at radius 2 is 2.00 bits per heavy atom. The summed E-state index contributed by atoms with van der Waals surface area (Å²) in [6.07, 6.45) is 1.07. The lowest BCUT2D eigenvalue weighted by Crippen LogP contribution is -2.38. The molecular formula is C15H23N3O4. The van der Waals surface area contributed by atoms with E-state index in [0.29, 0.717) is 11.3 Å². The van der Waals surface area contributed by atoms with Gasteiger partial charge in [-0.1, -0.05) is 32.8 Å². The first-order chi connectivity index (χ1) is 10.4. The van der Waals surface area contributed by atoms with Gasteiger partial charge in [0, 0.05) is 12.6 Å². The highest BCUT2D eigenvalue weighted by atomic mass is 16.6. The van der Waals surface area contributed by atoms with Gasteiger partial charge in [-0.3, -0.25) is 10.1 Å². The van der Waals surface area contributed by atoms with E-state index in [1.807, 2.05) is 13.8 Å². The monoisotopic (exact) mass is 309 g/mol. The maximum absolute atomic E-state index is 11.8. The fourth-order valence-corrected chi connectivity index (χ4v) is 2.32. The molecule has 0 heterocycles. The van der Waals surface area contributed by atoms with Crippen LogP contribution in [0.15, 0.2) is 18.2 Å². The maximum Gasteiger partial charge on any atom is 0.319 e. The first-order valence-corrected chi connectivity index (χ1v) is 7.37. The van der Waals surface area contributed by atoms with Crippen molar-refractivity contribution in [3.8, 4) is 0 Å². The number of anilines is 1. The number of nitro groups is 1. The number of hydrogen-bond donors (Lipinski definition) is 3. The third-order valence-electron chi connectivity index (χ3n) is 3.81. The predicted octanol–water partition coefficient (Wildman–Crippen LogP) is 2.82. The van der Waals surface area contributed by atoms with Gasteiger partial charge in [0.2, 0.25) is 0 Å². The van der Waals surface area contributed by atoms with Crippen molar-refractivity contribution in [3.63, 3.8) is 0 Å². The molecule has 0 radical (unpaired) electrons.